The quantitative estimate of drug-likeness (QED) is 0.780. The van der Waals surface area contributed by atoms with E-state index in [9.17, 15) is 13.2 Å². The summed E-state index contributed by atoms with van der Waals surface area (Å²) in [5, 5.41) is 0.547. The zero-order valence-electron chi connectivity index (χ0n) is 9.29. The molecule has 0 aliphatic heterocycles. The number of rotatable bonds is 1. The molecule has 6 heteroatoms. The highest BCUT2D eigenvalue weighted by Crippen LogP contribution is 2.29. The molecule has 0 spiro atoms. The smallest absolute Gasteiger partial charge is 0.237 e. The van der Waals surface area contributed by atoms with Crippen molar-refractivity contribution in [3.8, 4) is 11.4 Å². The maximum atomic E-state index is 12.5. The van der Waals surface area contributed by atoms with E-state index in [1.807, 2.05) is 0 Å². The number of aryl methyl sites for hydroxylation is 1. The molecule has 0 unspecified atom stereocenters. The van der Waals surface area contributed by atoms with Crippen molar-refractivity contribution < 1.29 is 13.2 Å². The van der Waals surface area contributed by atoms with Crippen LogP contribution in [0.25, 0.3) is 11.4 Å². The normalized spacial score (nSPS) is 11.6. The van der Waals surface area contributed by atoms with Gasteiger partial charge in [0.1, 0.15) is 5.69 Å². The first-order valence-corrected chi connectivity index (χ1v) is 5.42. The van der Waals surface area contributed by atoms with Crippen LogP contribution in [0.2, 0.25) is 5.02 Å². The zero-order valence-corrected chi connectivity index (χ0v) is 10.0. The Balaban J connectivity index is 2.48. The second-order valence-electron chi connectivity index (χ2n) is 3.73. The van der Waals surface area contributed by atoms with E-state index in [0.29, 0.717) is 10.6 Å². The van der Waals surface area contributed by atoms with Crippen molar-refractivity contribution in [1.29, 1.82) is 0 Å². The van der Waals surface area contributed by atoms with Crippen molar-refractivity contribution in [2.24, 2.45) is 0 Å². The predicted molar refractivity (Wildman–Crippen MR) is 62.2 cm³/mol. The lowest BCUT2D eigenvalue weighted by molar-refractivity contribution is -0.141. The lowest BCUT2D eigenvalue weighted by atomic mass is 10.1. The average molecular weight is 273 g/mol. The third kappa shape index (κ3) is 2.61. The Kier molecular flexibility index (Phi) is 3.26. The lowest BCUT2D eigenvalue weighted by Gasteiger charge is -2.07. The van der Waals surface area contributed by atoms with Crippen LogP contribution in [0, 0.1) is 6.92 Å². The van der Waals surface area contributed by atoms with E-state index in [0.717, 1.165) is 17.8 Å². The third-order valence-electron chi connectivity index (χ3n) is 2.36. The number of aromatic nitrogens is 2. The average Bonchev–Trinajstić information content (AvgIpc) is 2.32. The highest BCUT2D eigenvalue weighted by atomic mass is 35.5. The molecule has 0 amide bonds. The van der Waals surface area contributed by atoms with Gasteiger partial charge < -0.3 is 0 Å². The lowest BCUT2D eigenvalue weighted by Crippen LogP contribution is -2.09. The monoisotopic (exact) mass is 272 g/mol. The van der Waals surface area contributed by atoms with E-state index in [2.05, 4.69) is 9.97 Å². The van der Waals surface area contributed by atoms with Crippen molar-refractivity contribution >= 4 is 11.6 Å². The van der Waals surface area contributed by atoms with Gasteiger partial charge in [-0.25, -0.2) is 9.97 Å². The summed E-state index contributed by atoms with van der Waals surface area (Å²) in [6.45, 7) is 1.76. The van der Waals surface area contributed by atoms with Gasteiger partial charge >= 0.3 is 6.18 Å². The van der Waals surface area contributed by atoms with Crippen LogP contribution in [-0.2, 0) is 6.18 Å². The molecule has 2 rings (SSSR count). The molecule has 2 aromatic rings. The third-order valence-corrected chi connectivity index (χ3v) is 2.79. The van der Waals surface area contributed by atoms with Gasteiger partial charge in [-0.15, -0.1) is 0 Å². The summed E-state index contributed by atoms with van der Waals surface area (Å²) >= 11 is 5.85. The van der Waals surface area contributed by atoms with Gasteiger partial charge in [0.2, 0.25) is 0 Å². The first-order valence-electron chi connectivity index (χ1n) is 5.04. The molecule has 2 nitrogen and oxygen atoms in total. The Labute approximate surface area is 106 Å². The Hall–Kier alpha value is -1.62. The van der Waals surface area contributed by atoms with Crippen molar-refractivity contribution in [3.63, 3.8) is 0 Å². The fourth-order valence-corrected chi connectivity index (χ4v) is 1.56. The fraction of sp³-hybridized carbons (Fsp3) is 0.167. The molecule has 1 aromatic heterocycles. The van der Waals surface area contributed by atoms with Crippen LogP contribution >= 0.6 is 11.6 Å². The van der Waals surface area contributed by atoms with Gasteiger partial charge in [0, 0.05) is 16.8 Å². The standard InChI is InChI=1S/C12H8ClF3N2/c1-7-6-8(2-3-9(7)13)11-17-5-4-10(18-11)12(14,15)16/h2-6H,1H3. The SMILES string of the molecule is Cc1cc(-c2nccc(C(F)(F)F)n2)ccc1Cl. The van der Waals surface area contributed by atoms with Crippen LogP contribution in [-0.4, -0.2) is 9.97 Å². The van der Waals surface area contributed by atoms with Crippen LogP contribution in [0.15, 0.2) is 30.5 Å². The summed E-state index contributed by atoms with van der Waals surface area (Å²) in [5.41, 5.74) is 0.304. The summed E-state index contributed by atoms with van der Waals surface area (Å²) < 4.78 is 37.5. The second-order valence-corrected chi connectivity index (χ2v) is 4.13. The van der Waals surface area contributed by atoms with Gasteiger partial charge in [0.15, 0.2) is 5.82 Å². The molecule has 18 heavy (non-hydrogen) atoms. The van der Waals surface area contributed by atoms with Gasteiger partial charge in [-0.2, -0.15) is 13.2 Å². The molecule has 1 heterocycles. The van der Waals surface area contributed by atoms with Gasteiger partial charge in [-0.1, -0.05) is 11.6 Å². The highest BCUT2D eigenvalue weighted by molar-refractivity contribution is 6.31. The first kappa shape index (κ1) is 12.8. The van der Waals surface area contributed by atoms with Crippen molar-refractivity contribution in [3.05, 3.63) is 46.7 Å². The van der Waals surface area contributed by atoms with E-state index in [4.69, 9.17) is 11.6 Å². The molecule has 94 valence electrons. The zero-order chi connectivity index (χ0) is 13.3. The minimum Gasteiger partial charge on any atom is -0.237 e. The van der Waals surface area contributed by atoms with Crippen molar-refractivity contribution in [2.75, 3.05) is 0 Å². The molecule has 0 fully saturated rings. The first-order chi connectivity index (χ1) is 8.38. The molecule has 0 radical (unpaired) electrons. The van der Waals surface area contributed by atoms with Crippen LogP contribution in [0.3, 0.4) is 0 Å². The molecule has 1 aromatic carbocycles. The number of benzene rings is 1. The summed E-state index contributed by atoms with van der Waals surface area (Å²) in [5.74, 6) is 0.0320. The minimum absolute atomic E-state index is 0.0320. The summed E-state index contributed by atoms with van der Waals surface area (Å²) in [6, 6.07) is 5.69. The van der Waals surface area contributed by atoms with Crippen LogP contribution in [0.1, 0.15) is 11.3 Å². The summed E-state index contributed by atoms with van der Waals surface area (Å²) in [4.78, 5) is 7.35. The molecule has 0 N–H and O–H groups in total. The van der Waals surface area contributed by atoms with E-state index in [1.54, 1.807) is 25.1 Å². The van der Waals surface area contributed by atoms with Crippen LogP contribution < -0.4 is 0 Å². The van der Waals surface area contributed by atoms with Gasteiger partial charge in [-0.3, -0.25) is 0 Å². The second kappa shape index (κ2) is 4.57. The Morgan fingerprint density at radius 2 is 1.89 bits per heavy atom. The van der Waals surface area contributed by atoms with Gasteiger partial charge in [0.05, 0.1) is 0 Å². The Morgan fingerprint density at radius 1 is 1.17 bits per heavy atom. The van der Waals surface area contributed by atoms with Gasteiger partial charge in [0.25, 0.3) is 0 Å². The summed E-state index contributed by atoms with van der Waals surface area (Å²) in [6.07, 6.45) is -3.38. The van der Waals surface area contributed by atoms with E-state index in [-0.39, 0.29) is 5.82 Å². The molecule has 0 saturated carbocycles. The Bertz CT molecular complexity index is 582. The molecule has 0 aliphatic carbocycles. The van der Waals surface area contributed by atoms with E-state index in [1.165, 1.54) is 0 Å². The highest BCUT2D eigenvalue weighted by Gasteiger charge is 2.32. The van der Waals surface area contributed by atoms with Crippen molar-refractivity contribution in [1.82, 2.24) is 9.97 Å². The Morgan fingerprint density at radius 3 is 2.50 bits per heavy atom. The largest absolute Gasteiger partial charge is 0.433 e. The van der Waals surface area contributed by atoms with E-state index >= 15 is 0 Å². The number of hydrogen-bond acceptors (Lipinski definition) is 2. The summed E-state index contributed by atoms with van der Waals surface area (Å²) in [7, 11) is 0. The topological polar surface area (TPSA) is 25.8 Å². The number of halogens is 4. The molecule has 0 atom stereocenters. The fourth-order valence-electron chi connectivity index (χ4n) is 1.44. The van der Waals surface area contributed by atoms with Gasteiger partial charge in [-0.05, 0) is 36.8 Å². The molecule has 0 aliphatic rings. The predicted octanol–water partition coefficient (Wildman–Crippen LogP) is 4.12. The molecule has 0 saturated heterocycles. The molecule has 0 bridgehead atoms. The maximum absolute atomic E-state index is 12.5. The number of hydrogen-bond donors (Lipinski definition) is 0. The molecular weight excluding hydrogens is 265 g/mol. The number of nitrogens with zero attached hydrogens (tertiary/aromatic N) is 2. The van der Waals surface area contributed by atoms with E-state index < -0.39 is 11.9 Å². The van der Waals surface area contributed by atoms with Crippen LogP contribution in [0.4, 0.5) is 13.2 Å². The van der Waals surface area contributed by atoms with Crippen LogP contribution in [0.5, 0.6) is 0 Å². The molecular formula is C12H8ClF3N2. The number of alkyl halides is 3. The van der Waals surface area contributed by atoms with Crippen molar-refractivity contribution in [2.45, 2.75) is 13.1 Å². The maximum Gasteiger partial charge on any atom is 0.433 e. The minimum atomic E-state index is -4.47.